The van der Waals surface area contributed by atoms with Crippen molar-refractivity contribution in [3.8, 4) is 5.75 Å². The number of halogens is 2. The number of aromatic nitrogens is 1. The minimum atomic E-state index is -0.317. The van der Waals surface area contributed by atoms with E-state index in [2.05, 4.69) is 21.8 Å². The second-order valence-electron chi connectivity index (χ2n) is 8.71. The van der Waals surface area contributed by atoms with Crippen LogP contribution in [0.1, 0.15) is 30.1 Å². The normalized spacial score (nSPS) is 16.1. The summed E-state index contributed by atoms with van der Waals surface area (Å²) in [5.41, 5.74) is 2.01. The van der Waals surface area contributed by atoms with Crippen LogP contribution < -0.4 is 4.74 Å². The summed E-state index contributed by atoms with van der Waals surface area (Å²) in [6, 6.07) is 19.2. The first-order valence-corrected chi connectivity index (χ1v) is 11.6. The van der Waals surface area contributed by atoms with Crippen LogP contribution in [-0.2, 0) is 0 Å². The van der Waals surface area contributed by atoms with Gasteiger partial charge in [-0.2, -0.15) is 0 Å². The number of rotatable bonds is 9. The van der Waals surface area contributed by atoms with E-state index in [9.17, 15) is 8.78 Å². The zero-order chi connectivity index (χ0) is 23.0. The van der Waals surface area contributed by atoms with E-state index in [1.165, 1.54) is 18.2 Å². The second-order valence-corrected chi connectivity index (χ2v) is 8.71. The van der Waals surface area contributed by atoms with Gasteiger partial charge in [0, 0.05) is 19.3 Å². The number of ether oxygens (including phenoxy) is 1. The van der Waals surface area contributed by atoms with Crippen molar-refractivity contribution in [2.45, 2.75) is 18.9 Å². The van der Waals surface area contributed by atoms with Gasteiger partial charge in [0.2, 0.25) is 0 Å². The van der Waals surface area contributed by atoms with E-state index in [0.29, 0.717) is 18.3 Å². The predicted octanol–water partition coefficient (Wildman–Crippen LogP) is 5.17. The van der Waals surface area contributed by atoms with Crippen molar-refractivity contribution in [1.82, 2.24) is 14.8 Å². The molecule has 1 aromatic heterocycles. The Balaban J connectivity index is 1.30. The summed E-state index contributed by atoms with van der Waals surface area (Å²) < 4.78 is 32.8. The monoisotopic (exact) mass is 451 g/mol. The number of pyridine rings is 1. The standard InChI is InChI=1S/C27H31F2N3O/c1-31(27(25-7-4-5-15-30-25)22-9-11-23(28)12-10-22)20-21-13-16-32(17-14-21)18-19-33-26-8-3-2-6-24(26)29/h2-12,15,21,27H,13-14,16-20H2,1H3. The van der Waals surface area contributed by atoms with Crippen molar-refractivity contribution in [3.63, 3.8) is 0 Å². The Morgan fingerprint density at radius 1 is 1.00 bits per heavy atom. The van der Waals surface area contributed by atoms with Gasteiger partial charge in [0.05, 0.1) is 11.7 Å². The Hall–Kier alpha value is -2.83. The summed E-state index contributed by atoms with van der Waals surface area (Å²) in [4.78, 5) is 9.30. The van der Waals surface area contributed by atoms with E-state index in [4.69, 9.17) is 4.74 Å². The Kier molecular flexibility index (Phi) is 8.02. The predicted molar refractivity (Wildman–Crippen MR) is 126 cm³/mol. The van der Waals surface area contributed by atoms with Gasteiger partial charge >= 0.3 is 0 Å². The minimum absolute atomic E-state index is 0.0148. The molecule has 1 unspecified atom stereocenters. The van der Waals surface area contributed by atoms with E-state index in [0.717, 1.165) is 50.3 Å². The molecular formula is C27H31F2N3O. The third kappa shape index (κ3) is 6.36. The largest absolute Gasteiger partial charge is 0.489 e. The molecule has 1 atom stereocenters. The van der Waals surface area contributed by atoms with Crippen molar-refractivity contribution in [2.75, 3.05) is 39.8 Å². The first-order chi connectivity index (χ1) is 16.1. The van der Waals surface area contributed by atoms with E-state index in [1.807, 2.05) is 36.5 Å². The van der Waals surface area contributed by atoms with Crippen LogP contribution in [0.3, 0.4) is 0 Å². The smallest absolute Gasteiger partial charge is 0.165 e. The maximum Gasteiger partial charge on any atom is 0.165 e. The van der Waals surface area contributed by atoms with E-state index in [-0.39, 0.29) is 17.7 Å². The molecule has 0 aliphatic carbocycles. The highest BCUT2D eigenvalue weighted by Gasteiger charge is 2.26. The summed E-state index contributed by atoms with van der Waals surface area (Å²) in [6.45, 7) is 4.23. The Labute approximate surface area is 194 Å². The van der Waals surface area contributed by atoms with Gasteiger partial charge in [0.1, 0.15) is 12.4 Å². The van der Waals surface area contributed by atoms with Crippen molar-refractivity contribution in [1.29, 1.82) is 0 Å². The Bertz CT molecular complexity index is 992. The van der Waals surface area contributed by atoms with Gasteiger partial charge in [0.25, 0.3) is 0 Å². The van der Waals surface area contributed by atoms with Crippen LogP contribution in [0.4, 0.5) is 8.78 Å². The van der Waals surface area contributed by atoms with Crippen molar-refractivity contribution in [2.24, 2.45) is 5.92 Å². The van der Waals surface area contributed by atoms with Gasteiger partial charge in [-0.15, -0.1) is 0 Å². The molecule has 4 rings (SSSR count). The van der Waals surface area contributed by atoms with Gasteiger partial charge in [-0.1, -0.05) is 30.3 Å². The zero-order valence-electron chi connectivity index (χ0n) is 19.0. The summed E-state index contributed by atoms with van der Waals surface area (Å²) >= 11 is 0. The lowest BCUT2D eigenvalue weighted by atomic mass is 9.94. The lowest BCUT2D eigenvalue weighted by Crippen LogP contribution is -2.40. The highest BCUT2D eigenvalue weighted by atomic mass is 19.1. The lowest BCUT2D eigenvalue weighted by molar-refractivity contribution is 0.127. The van der Waals surface area contributed by atoms with Gasteiger partial charge in [0.15, 0.2) is 11.6 Å². The first-order valence-electron chi connectivity index (χ1n) is 11.6. The fourth-order valence-corrected chi connectivity index (χ4v) is 4.59. The maximum absolute atomic E-state index is 13.7. The molecule has 4 nitrogen and oxygen atoms in total. The third-order valence-corrected chi connectivity index (χ3v) is 6.35. The molecule has 0 spiro atoms. The molecule has 3 aromatic rings. The molecule has 0 N–H and O–H groups in total. The SMILES string of the molecule is CN(CC1CCN(CCOc2ccccc2F)CC1)C(c1ccc(F)cc1)c1ccccn1. The molecule has 6 heteroatoms. The fraction of sp³-hybridized carbons (Fsp3) is 0.370. The van der Waals surface area contributed by atoms with Crippen molar-refractivity contribution >= 4 is 0 Å². The Morgan fingerprint density at radius 2 is 1.73 bits per heavy atom. The topological polar surface area (TPSA) is 28.6 Å². The highest BCUT2D eigenvalue weighted by Crippen LogP contribution is 2.29. The van der Waals surface area contributed by atoms with Crippen LogP contribution >= 0.6 is 0 Å². The van der Waals surface area contributed by atoms with Crippen molar-refractivity contribution in [3.05, 3.63) is 95.8 Å². The van der Waals surface area contributed by atoms with E-state index in [1.54, 1.807) is 18.2 Å². The summed E-state index contributed by atoms with van der Waals surface area (Å²) in [6.07, 6.45) is 4.01. The molecule has 0 bridgehead atoms. The van der Waals surface area contributed by atoms with Gasteiger partial charge in [-0.25, -0.2) is 8.78 Å². The number of hydrogen-bond acceptors (Lipinski definition) is 4. The third-order valence-electron chi connectivity index (χ3n) is 6.35. The van der Waals surface area contributed by atoms with E-state index >= 15 is 0 Å². The molecular weight excluding hydrogens is 420 g/mol. The quantitative estimate of drug-likeness (QED) is 0.449. The number of para-hydroxylation sites is 1. The van der Waals surface area contributed by atoms with Crippen LogP contribution in [0.15, 0.2) is 72.9 Å². The minimum Gasteiger partial charge on any atom is -0.489 e. The summed E-state index contributed by atoms with van der Waals surface area (Å²) in [5, 5.41) is 0. The molecule has 2 heterocycles. The molecule has 1 aliphatic rings. The average molecular weight is 452 g/mol. The fourth-order valence-electron chi connectivity index (χ4n) is 4.59. The van der Waals surface area contributed by atoms with Crippen molar-refractivity contribution < 1.29 is 13.5 Å². The van der Waals surface area contributed by atoms with Gasteiger partial charge in [-0.05, 0) is 80.9 Å². The van der Waals surface area contributed by atoms with Crippen LogP contribution in [0.2, 0.25) is 0 Å². The molecule has 1 saturated heterocycles. The number of piperidine rings is 1. The van der Waals surface area contributed by atoms with Crippen LogP contribution in [-0.4, -0.2) is 54.6 Å². The molecule has 1 fully saturated rings. The molecule has 2 aromatic carbocycles. The van der Waals surface area contributed by atoms with Crippen LogP contribution in [0, 0.1) is 17.6 Å². The second kappa shape index (κ2) is 11.3. The van der Waals surface area contributed by atoms with E-state index < -0.39 is 0 Å². The molecule has 174 valence electrons. The number of nitrogens with zero attached hydrogens (tertiary/aromatic N) is 3. The molecule has 0 saturated carbocycles. The van der Waals surface area contributed by atoms with Crippen LogP contribution in [0.25, 0.3) is 0 Å². The number of hydrogen-bond donors (Lipinski definition) is 0. The van der Waals surface area contributed by atoms with Gasteiger partial charge < -0.3 is 4.74 Å². The van der Waals surface area contributed by atoms with Gasteiger partial charge in [-0.3, -0.25) is 14.8 Å². The average Bonchev–Trinajstić information content (AvgIpc) is 2.83. The molecule has 0 radical (unpaired) electrons. The summed E-state index contributed by atoms with van der Waals surface area (Å²) in [7, 11) is 2.12. The lowest BCUT2D eigenvalue weighted by Gasteiger charge is -2.36. The Morgan fingerprint density at radius 3 is 2.42 bits per heavy atom. The zero-order valence-corrected chi connectivity index (χ0v) is 19.0. The summed E-state index contributed by atoms with van der Waals surface area (Å²) in [5.74, 6) is 0.344. The molecule has 0 amide bonds. The number of likely N-dealkylation sites (tertiary alicyclic amines) is 1. The molecule has 1 aliphatic heterocycles. The maximum atomic E-state index is 13.7. The first kappa shape index (κ1) is 23.3. The highest BCUT2D eigenvalue weighted by molar-refractivity contribution is 5.28. The molecule has 33 heavy (non-hydrogen) atoms. The van der Waals surface area contributed by atoms with Crippen LogP contribution in [0.5, 0.6) is 5.75 Å². The number of benzene rings is 2.